The fourth-order valence-corrected chi connectivity index (χ4v) is 2.26. The van der Waals surface area contributed by atoms with E-state index in [0.29, 0.717) is 0 Å². The Bertz CT molecular complexity index is 358. The number of halogens is 1. The molecule has 1 aromatic rings. The van der Waals surface area contributed by atoms with Crippen molar-refractivity contribution < 1.29 is 0 Å². The quantitative estimate of drug-likeness (QED) is 0.742. The smallest absolute Gasteiger partial charge is 0.0738 e. The third-order valence-corrected chi connectivity index (χ3v) is 4.22. The standard InChI is InChI=1S/C14H26BrN3/c1-11(2)10-16-8-6-5-7-9-18-13(4)14(15)12(3)17-18/h11,16H,5-10H2,1-4H3. The van der Waals surface area contributed by atoms with Crippen LogP contribution in [0.25, 0.3) is 0 Å². The van der Waals surface area contributed by atoms with Gasteiger partial charge in [-0.15, -0.1) is 0 Å². The minimum absolute atomic E-state index is 0.747. The lowest BCUT2D eigenvalue weighted by atomic mass is 10.2. The van der Waals surface area contributed by atoms with Gasteiger partial charge in [-0.2, -0.15) is 5.10 Å². The zero-order valence-electron chi connectivity index (χ0n) is 12.1. The van der Waals surface area contributed by atoms with E-state index in [9.17, 15) is 0 Å². The molecule has 0 saturated heterocycles. The number of hydrogen-bond donors (Lipinski definition) is 1. The molecular weight excluding hydrogens is 290 g/mol. The number of aryl methyl sites for hydroxylation is 2. The first-order chi connectivity index (χ1) is 8.52. The second-order valence-electron chi connectivity index (χ2n) is 5.37. The maximum Gasteiger partial charge on any atom is 0.0738 e. The van der Waals surface area contributed by atoms with Crippen molar-refractivity contribution >= 4 is 15.9 Å². The summed E-state index contributed by atoms with van der Waals surface area (Å²) in [5.41, 5.74) is 2.33. The predicted octanol–water partition coefficient (Wildman–Crippen LogP) is 3.68. The first-order valence-corrected chi connectivity index (χ1v) is 7.72. The summed E-state index contributed by atoms with van der Waals surface area (Å²) in [5.74, 6) is 0.747. The summed E-state index contributed by atoms with van der Waals surface area (Å²) < 4.78 is 3.27. The molecule has 4 heteroatoms. The molecule has 0 fully saturated rings. The highest BCUT2D eigenvalue weighted by Crippen LogP contribution is 2.20. The van der Waals surface area contributed by atoms with Crippen LogP contribution in [0.2, 0.25) is 0 Å². The van der Waals surface area contributed by atoms with Crippen molar-refractivity contribution in [3.63, 3.8) is 0 Å². The zero-order chi connectivity index (χ0) is 13.5. The summed E-state index contributed by atoms with van der Waals surface area (Å²) in [7, 11) is 0. The molecule has 1 rings (SSSR count). The highest BCUT2D eigenvalue weighted by Gasteiger charge is 2.07. The van der Waals surface area contributed by atoms with Gasteiger partial charge < -0.3 is 5.32 Å². The molecule has 0 aliphatic carbocycles. The van der Waals surface area contributed by atoms with Crippen molar-refractivity contribution in [3.8, 4) is 0 Å². The molecule has 0 amide bonds. The average Bonchev–Trinajstić information content (AvgIpc) is 2.55. The van der Waals surface area contributed by atoms with E-state index >= 15 is 0 Å². The van der Waals surface area contributed by atoms with Crippen LogP contribution in [0.5, 0.6) is 0 Å². The fraction of sp³-hybridized carbons (Fsp3) is 0.786. The van der Waals surface area contributed by atoms with Crippen LogP contribution in [0.3, 0.4) is 0 Å². The van der Waals surface area contributed by atoms with Crippen LogP contribution in [-0.4, -0.2) is 22.9 Å². The summed E-state index contributed by atoms with van der Waals surface area (Å²) in [6.45, 7) is 11.9. The van der Waals surface area contributed by atoms with E-state index in [4.69, 9.17) is 0 Å². The van der Waals surface area contributed by atoms with E-state index in [1.807, 2.05) is 6.92 Å². The SMILES string of the molecule is Cc1nn(CCCCCNCC(C)C)c(C)c1Br. The highest BCUT2D eigenvalue weighted by molar-refractivity contribution is 9.10. The summed E-state index contributed by atoms with van der Waals surface area (Å²) in [6.07, 6.45) is 3.73. The van der Waals surface area contributed by atoms with Gasteiger partial charge in [-0.25, -0.2) is 0 Å². The lowest BCUT2D eigenvalue weighted by Gasteiger charge is -2.07. The van der Waals surface area contributed by atoms with Crippen LogP contribution in [0.1, 0.15) is 44.5 Å². The van der Waals surface area contributed by atoms with Crippen molar-refractivity contribution in [2.75, 3.05) is 13.1 Å². The van der Waals surface area contributed by atoms with Crippen molar-refractivity contribution in [1.82, 2.24) is 15.1 Å². The predicted molar refractivity (Wildman–Crippen MR) is 81.0 cm³/mol. The second-order valence-corrected chi connectivity index (χ2v) is 6.16. The van der Waals surface area contributed by atoms with E-state index in [2.05, 4.69) is 51.8 Å². The summed E-state index contributed by atoms with van der Waals surface area (Å²) in [5, 5.41) is 8.00. The molecule has 0 aliphatic heterocycles. The Kier molecular flexibility index (Phi) is 6.94. The molecule has 1 heterocycles. The Morgan fingerprint density at radius 3 is 2.50 bits per heavy atom. The Morgan fingerprint density at radius 1 is 1.22 bits per heavy atom. The molecule has 0 saturated carbocycles. The molecule has 104 valence electrons. The molecule has 0 bridgehead atoms. The van der Waals surface area contributed by atoms with Gasteiger partial charge in [-0.3, -0.25) is 4.68 Å². The van der Waals surface area contributed by atoms with Crippen LogP contribution in [0, 0.1) is 19.8 Å². The van der Waals surface area contributed by atoms with Gasteiger partial charge in [0.2, 0.25) is 0 Å². The lowest BCUT2D eigenvalue weighted by Crippen LogP contribution is -2.20. The molecule has 18 heavy (non-hydrogen) atoms. The van der Waals surface area contributed by atoms with Crippen LogP contribution >= 0.6 is 15.9 Å². The molecule has 0 aliphatic rings. The van der Waals surface area contributed by atoms with E-state index in [1.165, 1.54) is 25.0 Å². The molecule has 1 N–H and O–H groups in total. The van der Waals surface area contributed by atoms with Crippen molar-refractivity contribution in [2.45, 2.75) is 53.5 Å². The van der Waals surface area contributed by atoms with Gasteiger partial charge in [0.05, 0.1) is 10.2 Å². The Balaban J connectivity index is 2.13. The first-order valence-electron chi connectivity index (χ1n) is 6.92. The van der Waals surface area contributed by atoms with Gasteiger partial charge in [0.15, 0.2) is 0 Å². The second kappa shape index (κ2) is 7.95. The minimum Gasteiger partial charge on any atom is -0.316 e. The molecule has 0 aromatic carbocycles. The van der Waals surface area contributed by atoms with E-state index in [-0.39, 0.29) is 0 Å². The van der Waals surface area contributed by atoms with Crippen molar-refractivity contribution in [1.29, 1.82) is 0 Å². The normalized spacial score (nSPS) is 11.4. The van der Waals surface area contributed by atoms with Gasteiger partial charge in [0.1, 0.15) is 0 Å². The van der Waals surface area contributed by atoms with E-state index in [1.54, 1.807) is 0 Å². The molecule has 1 aromatic heterocycles. The first kappa shape index (κ1) is 15.7. The fourth-order valence-electron chi connectivity index (χ4n) is 1.97. The maximum absolute atomic E-state index is 4.52. The molecule has 3 nitrogen and oxygen atoms in total. The third kappa shape index (κ3) is 5.11. The van der Waals surface area contributed by atoms with Gasteiger partial charge in [0, 0.05) is 12.2 Å². The minimum atomic E-state index is 0.747. The van der Waals surface area contributed by atoms with Gasteiger partial charge >= 0.3 is 0 Å². The zero-order valence-corrected chi connectivity index (χ0v) is 13.7. The van der Waals surface area contributed by atoms with Gasteiger partial charge in [-0.1, -0.05) is 20.3 Å². The van der Waals surface area contributed by atoms with Crippen molar-refractivity contribution in [3.05, 3.63) is 15.9 Å². The van der Waals surface area contributed by atoms with Crippen LogP contribution in [-0.2, 0) is 6.54 Å². The monoisotopic (exact) mass is 315 g/mol. The van der Waals surface area contributed by atoms with Gasteiger partial charge in [0.25, 0.3) is 0 Å². The molecule has 0 spiro atoms. The summed E-state index contributed by atoms with van der Waals surface area (Å²) in [4.78, 5) is 0. The van der Waals surface area contributed by atoms with Crippen LogP contribution in [0.4, 0.5) is 0 Å². The number of aromatic nitrogens is 2. The largest absolute Gasteiger partial charge is 0.316 e. The van der Waals surface area contributed by atoms with Gasteiger partial charge in [-0.05, 0) is 61.6 Å². The Hall–Kier alpha value is -0.350. The summed E-state index contributed by atoms with van der Waals surface area (Å²) in [6, 6.07) is 0. The molecule has 0 atom stereocenters. The van der Waals surface area contributed by atoms with Crippen LogP contribution in [0.15, 0.2) is 4.47 Å². The maximum atomic E-state index is 4.52. The highest BCUT2D eigenvalue weighted by atomic mass is 79.9. The Morgan fingerprint density at radius 2 is 1.94 bits per heavy atom. The summed E-state index contributed by atoms with van der Waals surface area (Å²) >= 11 is 3.56. The number of unbranched alkanes of at least 4 members (excludes halogenated alkanes) is 2. The van der Waals surface area contributed by atoms with Crippen molar-refractivity contribution in [2.24, 2.45) is 5.92 Å². The Labute approximate surface area is 119 Å². The number of nitrogens with one attached hydrogen (secondary N) is 1. The third-order valence-electron chi connectivity index (χ3n) is 3.07. The molecule has 0 unspecified atom stereocenters. The topological polar surface area (TPSA) is 29.9 Å². The number of nitrogens with zero attached hydrogens (tertiary/aromatic N) is 2. The van der Waals surface area contributed by atoms with E-state index in [0.717, 1.165) is 35.7 Å². The number of rotatable bonds is 8. The molecular formula is C14H26BrN3. The average molecular weight is 316 g/mol. The number of hydrogen-bond acceptors (Lipinski definition) is 2. The van der Waals surface area contributed by atoms with Crippen LogP contribution < -0.4 is 5.32 Å². The lowest BCUT2D eigenvalue weighted by molar-refractivity contribution is 0.501. The molecule has 0 radical (unpaired) electrons. The van der Waals surface area contributed by atoms with E-state index < -0.39 is 0 Å².